The van der Waals surface area contributed by atoms with E-state index in [2.05, 4.69) is 19.2 Å². The predicted octanol–water partition coefficient (Wildman–Crippen LogP) is 3.18. The van der Waals surface area contributed by atoms with Crippen LogP contribution in [0.5, 0.6) is 0 Å². The zero-order valence-corrected chi connectivity index (χ0v) is 8.36. The Labute approximate surface area is 66.5 Å². The Hall–Kier alpha value is -0.460. The third-order valence-electron chi connectivity index (χ3n) is 0.333. The average molecular weight is 145 g/mol. The maximum Gasteiger partial charge on any atom is 0.00276 e. The molecule has 0 rings (SSSR count). The van der Waals surface area contributed by atoms with E-state index < -0.39 is 0 Å². The molecule has 0 aromatic carbocycles. The van der Waals surface area contributed by atoms with Crippen LogP contribution in [0.2, 0.25) is 0 Å². The minimum absolute atomic E-state index is 1.25. The number of hydrogen-bond acceptors (Lipinski definition) is 1. The van der Waals surface area contributed by atoms with Crippen LogP contribution in [0.25, 0.3) is 0 Å². The molecule has 0 aliphatic rings. The predicted molar refractivity (Wildman–Crippen MR) is 51.2 cm³/mol. The van der Waals surface area contributed by atoms with Crippen molar-refractivity contribution in [2.45, 2.75) is 41.0 Å². The van der Waals surface area contributed by atoms with E-state index in [0.29, 0.717) is 0 Å². The Morgan fingerprint density at radius 2 is 1.50 bits per heavy atom. The molecule has 0 amide bonds. The van der Waals surface area contributed by atoms with Crippen LogP contribution in [0.3, 0.4) is 0 Å². The van der Waals surface area contributed by atoms with E-state index in [9.17, 15) is 0 Å². The van der Waals surface area contributed by atoms with Crippen molar-refractivity contribution in [3.8, 4) is 0 Å². The fourth-order valence-corrected chi connectivity index (χ4v) is 0.167. The van der Waals surface area contributed by atoms with E-state index in [1.54, 1.807) is 0 Å². The molecule has 0 aliphatic heterocycles. The molecule has 0 unspecified atom stereocenters. The molecule has 0 bridgehead atoms. The third kappa shape index (κ3) is 136. The molecule has 1 heteroatoms. The van der Waals surface area contributed by atoms with Crippen molar-refractivity contribution < 1.29 is 0 Å². The standard InChI is InChI=1S/C4H9N.C3H8.C2H6/c1-3-4-5-2;1-3-2;1-2/h3-5H,1-2H3;3H2,1-2H3;1-2H3/b4-3-;;. The van der Waals surface area contributed by atoms with Gasteiger partial charge >= 0.3 is 0 Å². The lowest BCUT2D eigenvalue weighted by molar-refractivity contribution is 1.09. The molecular formula is C9H23N. The summed E-state index contributed by atoms with van der Waals surface area (Å²) in [5.41, 5.74) is 0. The number of nitrogens with one attached hydrogen (secondary N) is 1. The molecule has 0 saturated carbocycles. The van der Waals surface area contributed by atoms with Gasteiger partial charge in [0.15, 0.2) is 0 Å². The second kappa shape index (κ2) is 38.7. The van der Waals surface area contributed by atoms with Crippen LogP contribution in [-0.2, 0) is 0 Å². The molecule has 64 valence electrons. The molecular weight excluding hydrogens is 122 g/mol. The summed E-state index contributed by atoms with van der Waals surface area (Å²) in [6.45, 7) is 10.2. The van der Waals surface area contributed by atoms with Crippen molar-refractivity contribution in [2.75, 3.05) is 7.05 Å². The zero-order chi connectivity index (χ0) is 8.83. The van der Waals surface area contributed by atoms with E-state index in [4.69, 9.17) is 0 Å². The van der Waals surface area contributed by atoms with Gasteiger partial charge in [-0.15, -0.1) is 0 Å². The smallest absolute Gasteiger partial charge is 0.00276 e. The van der Waals surface area contributed by atoms with Gasteiger partial charge in [0.1, 0.15) is 0 Å². The fraction of sp³-hybridized carbons (Fsp3) is 0.778. The first-order valence-corrected chi connectivity index (χ1v) is 4.11. The molecule has 0 aromatic heterocycles. The number of hydrogen-bond donors (Lipinski definition) is 1. The van der Waals surface area contributed by atoms with Crippen LogP contribution in [0.4, 0.5) is 0 Å². The highest BCUT2D eigenvalue weighted by molar-refractivity contribution is 4.70. The zero-order valence-electron chi connectivity index (χ0n) is 8.36. The average Bonchev–Trinajstić information content (AvgIpc) is 1.96. The molecule has 1 N–H and O–H groups in total. The number of allylic oxidation sites excluding steroid dienone is 1. The SMILES string of the molecule is C/C=C\NC.CC.CCC. The summed E-state index contributed by atoms with van der Waals surface area (Å²) in [6.07, 6.45) is 5.07. The summed E-state index contributed by atoms with van der Waals surface area (Å²) in [5.74, 6) is 0. The quantitative estimate of drug-likeness (QED) is 0.597. The summed E-state index contributed by atoms with van der Waals surface area (Å²) >= 11 is 0. The van der Waals surface area contributed by atoms with Crippen LogP contribution in [0.15, 0.2) is 12.3 Å². The van der Waals surface area contributed by atoms with E-state index >= 15 is 0 Å². The molecule has 10 heavy (non-hydrogen) atoms. The maximum atomic E-state index is 2.84. The molecule has 0 aliphatic carbocycles. The second-order valence-electron chi connectivity index (χ2n) is 1.50. The lowest BCUT2D eigenvalue weighted by Gasteiger charge is -1.75. The summed E-state index contributed by atoms with van der Waals surface area (Å²) in [4.78, 5) is 0. The summed E-state index contributed by atoms with van der Waals surface area (Å²) in [5, 5.41) is 2.84. The molecule has 0 aromatic rings. The molecule has 0 atom stereocenters. The molecule has 0 radical (unpaired) electrons. The first-order chi connectivity index (χ1) is 4.83. The Kier molecular flexibility index (Phi) is 63.0. The Morgan fingerprint density at radius 1 is 1.20 bits per heavy atom. The van der Waals surface area contributed by atoms with Crippen molar-refractivity contribution >= 4 is 0 Å². The molecule has 0 spiro atoms. The van der Waals surface area contributed by atoms with Crippen molar-refractivity contribution in [3.63, 3.8) is 0 Å². The topological polar surface area (TPSA) is 12.0 Å². The largest absolute Gasteiger partial charge is 0.394 e. The summed E-state index contributed by atoms with van der Waals surface area (Å²) in [6, 6.07) is 0. The molecule has 0 saturated heterocycles. The minimum atomic E-state index is 1.25. The molecule has 0 heterocycles. The first-order valence-electron chi connectivity index (χ1n) is 4.11. The van der Waals surface area contributed by atoms with Crippen molar-refractivity contribution in [1.82, 2.24) is 5.32 Å². The van der Waals surface area contributed by atoms with Crippen LogP contribution in [-0.4, -0.2) is 7.05 Å². The summed E-state index contributed by atoms with van der Waals surface area (Å²) < 4.78 is 0. The lowest BCUT2D eigenvalue weighted by atomic mass is 10.6. The van der Waals surface area contributed by atoms with Crippen molar-refractivity contribution in [1.29, 1.82) is 0 Å². The van der Waals surface area contributed by atoms with Crippen LogP contribution < -0.4 is 5.32 Å². The van der Waals surface area contributed by atoms with Gasteiger partial charge in [0.05, 0.1) is 0 Å². The molecule has 1 nitrogen and oxygen atoms in total. The van der Waals surface area contributed by atoms with Crippen LogP contribution >= 0.6 is 0 Å². The van der Waals surface area contributed by atoms with Gasteiger partial charge in [-0.2, -0.15) is 0 Å². The van der Waals surface area contributed by atoms with Gasteiger partial charge in [-0.1, -0.05) is 40.2 Å². The number of rotatable bonds is 1. The van der Waals surface area contributed by atoms with E-state index in [1.807, 2.05) is 40.1 Å². The van der Waals surface area contributed by atoms with Gasteiger partial charge in [0.25, 0.3) is 0 Å². The van der Waals surface area contributed by atoms with E-state index in [-0.39, 0.29) is 0 Å². The van der Waals surface area contributed by atoms with Gasteiger partial charge < -0.3 is 5.32 Å². The van der Waals surface area contributed by atoms with Gasteiger partial charge in [0, 0.05) is 7.05 Å². The van der Waals surface area contributed by atoms with Crippen molar-refractivity contribution in [2.24, 2.45) is 0 Å². The van der Waals surface area contributed by atoms with Crippen LogP contribution in [0.1, 0.15) is 41.0 Å². The van der Waals surface area contributed by atoms with Gasteiger partial charge in [-0.25, -0.2) is 0 Å². The third-order valence-corrected chi connectivity index (χ3v) is 0.333. The lowest BCUT2D eigenvalue weighted by Crippen LogP contribution is -1.89. The normalized spacial score (nSPS) is 7.00. The van der Waals surface area contributed by atoms with Gasteiger partial charge in [-0.3, -0.25) is 0 Å². The molecule has 0 fully saturated rings. The Balaban J connectivity index is -0.0000000847. The monoisotopic (exact) mass is 145 g/mol. The second-order valence-corrected chi connectivity index (χ2v) is 1.50. The van der Waals surface area contributed by atoms with Crippen molar-refractivity contribution in [3.05, 3.63) is 12.3 Å². The maximum absolute atomic E-state index is 2.84. The van der Waals surface area contributed by atoms with E-state index in [1.165, 1.54) is 6.42 Å². The fourth-order valence-electron chi connectivity index (χ4n) is 0.167. The van der Waals surface area contributed by atoms with Gasteiger partial charge in [0.2, 0.25) is 0 Å². The summed E-state index contributed by atoms with van der Waals surface area (Å²) in [7, 11) is 1.88. The Morgan fingerprint density at radius 3 is 1.50 bits per heavy atom. The first kappa shape index (κ1) is 16.3. The Bertz CT molecular complexity index is 40.0. The van der Waals surface area contributed by atoms with E-state index in [0.717, 1.165) is 0 Å². The highest BCUT2D eigenvalue weighted by Gasteiger charge is 1.45. The minimum Gasteiger partial charge on any atom is -0.394 e. The highest BCUT2D eigenvalue weighted by Crippen LogP contribution is 1.56. The van der Waals surface area contributed by atoms with Crippen LogP contribution in [0, 0.1) is 0 Å². The van der Waals surface area contributed by atoms with Gasteiger partial charge in [-0.05, 0) is 13.1 Å². The highest BCUT2D eigenvalue weighted by atomic mass is 14.8.